The Labute approximate surface area is 187 Å². The second-order valence-corrected chi connectivity index (χ2v) is 9.77. The number of benzene rings is 1. The number of carbonyl (C=O) groups is 2. The van der Waals surface area contributed by atoms with Crippen LogP contribution in [0, 0.1) is 5.92 Å². The lowest BCUT2D eigenvalue weighted by Gasteiger charge is -2.32. The Balaban J connectivity index is 2.03. The van der Waals surface area contributed by atoms with E-state index in [0.29, 0.717) is 49.9 Å². The number of nitrogens with one attached hydrogen (secondary N) is 2. The van der Waals surface area contributed by atoms with E-state index in [0.717, 1.165) is 0 Å². The zero-order valence-electron chi connectivity index (χ0n) is 18.7. The normalized spacial score (nSPS) is 17.0. The van der Waals surface area contributed by atoms with E-state index in [-0.39, 0.29) is 34.7 Å². The molecule has 174 valence electrons. The van der Waals surface area contributed by atoms with Crippen molar-refractivity contribution in [3.05, 3.63) is 40.2 Å². The monoisotopic (exact) mass is 462 g/mol. The first-order chi connectivity index (χ1) is 15.2. The van der Waals surface area contributed by atoms with Crippen molar-refractivity contribution in [1.82, 2.24) is 19.5 Å². The Bertz CT molecular complexity index is 1170. The Morgan fingerprint density at radius 3 is 2.56 bits per heavy atom. The van der Waals surface area contributed by atoms with Gasteiger partial charge >= 0.3 is 0 Å². The number of rotatable bonds is 7. The van der Waals surface area contributed by atoms with Crippen LogP contribution in [0.1, 0.15) is 44.0 Å². The summed E-state index contributed by atoms with van der Waals surface area (Å²) >= 11 is 0. The third kappa shape index (κ3) is 4.71. The molecule has 1 unspecified atom stereocenters. The number of nitrogens with zero attached hydrogens (tertiary/aromatic N) is 2. The van der Waals surface area contributed by atoms with Crippen molar-refractivity contribution in [2.45, 2.75) is 38.5 Å². The largest absolute Gasteiger partial charge is 0.356 e. The molecule has 1 aromatic carbocycles. The first-order valence-corrected chi connectivity index (χ1v) is 12.4. The number of sulfonamides is 1. The lowest BCUT2D eigenvalue weighted by atomic mass is 9.96. The Morgan fingerprint density at radius 2 is 1.91 bits per heavy atom. The second-order valence-electron chi connectivity index (χ2n) is 7.83. The number of aromatic nitrogens is 1. The third-order valence-corrected chi connectivity index (χ3v) is 7.86. The fourth-order valence-corrected chi connectivity index (χ4v) is 5.63. The van der Waals surface area contributed by atoms with Crippen LogP contribution in [-0.4, -0.2) is 67.1 Å². The number of carbonyl (C=O) groups excluding carboxylic acids is 2. The minimum atomic E-state index is -3.73. The number of pyridine rings is 1. The van der Waals surface area contributed by atoms with E-state index in [1.54, 1.807) is 18.7 Å². The minimum absolute atomic E-state index is 0.0636. The summed E-state index contributed by atoms with van der Waals surface area (Å²) in [7, 11) is -3.73. The summed E-state index contributed by atoms with van der Waals surface area (Å²) < 4.78 is 27.3. The zero-order chi connectivity index (χ0) is 23.5. The summed E-state index contributed by atoms with van der Waals surface area (Å²) in [6.07, 6.45) is 1.37. The number of likely N-dealkylation sites (tertiary alicyclic amines) is 1. The van der Waals surface area contributed by atoms with Gasteiger partial charge in [0.25, 0.3) is 5.91 Å². The van der Waals surface area contributed by atoms with Crippen LogP contribution >= 0.6 is 0 Å². The first-order valence-electron chi connectivity index (χ1n) is 11.0. The highest BCUT2D eigenvalue weighted by molar-refractivity contribution is 7.89. The lowest BCUT2D eigenvalue weighted by molar-refractivity contribution is -0.126. The molecule has 2 heterocycles. The van der Waals surface area contributed by atoms with E-state index in [2.05, 4.69) is 10.3 Å². The van der Waals surface area contributed by atoms with Gasteiger partial charge in [-0.15, -0.1) is 0 Å². The van der Waals surface area contributed by atoms with Crippen LogP contribution in [0.3, 0.4) is 0 Å². The number of hydrogen-bond acceptors (Lipinski definition) is 5. The lowest BCUT2D eigenvalue weighted by Crippen LogP contribution is -2.45. The highest BCUT2D eigenvalue weighted by Crippen LogP contribution is 2.25. The van der Waals surface area contributed by atoms with Crippen molar-refractivity contribution in [3.8, 4) is 0 Å². The molecule has 0 radical (unpaired) electrons. The van der Waals surface area contributed by atoms with E-state index >= 15 is 0 Å². The van der Waals surface area contributed by atoms with Crippen LogP contribution in [0.5, 0.6) is 0 Å². The molecule has 10 heteroatoms. The highest BCUT2D eigenvalue weighted by atomic mass is 32.2. The molecule has 1 atom stereocenters. The molecule has 2 amide bonds. The van der Waals surface area contributed by atoms with Crippen LogP contribution in [0.15, 0.2) is 34.0 Å². The van der Waals surface area contributed by atoms with Crippen molar-refractivity contribution in [1.29, 1.82) is 0 Å². The number of piperidine rings is 1. The third-order valence-electron chi connectivity index (χ3n) is 5.82. The number of hydrogen-bond donors (Lipinski definition) is 2. The van der Waals surface area contributed by atoms with E-state index in [9.17, 15) is 22.8 Å². The molecule has 1 aromatic heterocycles. The molecular weight excluding hydrogens is 432 g/mol. The summed E-state index contributed by atoms with van der Waals surface area (Å²) in [5.74, 6) is -0.777. The molecule has 1 saturated heterocycles. The Kier molecular flexibility index (Phi) is 7.35. The van der Waals surface area contributed by atoms with Gasteiger partial charge < -0.3 is 15.2 Å². The van der Waals surface area contributed by atoms with Crippen molar-refractivity contribution >= 4 is 32.7 Å². The van der Waals surface area contributed by atoms with Gasteiger partial charge in [-0.25, -0.2) is 8.42 Å². The average Bonchev–Trinajstić information content (AvgIpc) is 2.78. The maximum atomic E-state index is 13.4. The number of amides is 2. The predicted molar refractivity (Wildman–Crippen MR) is 122 cm³/mol. The molecule has 9 nitrogen and oxygen atoms in total. The van der Waals surface area contributed by atoms with Crippen molar-refractivity contribution in [2.24, 2.45) is 5.92 Å². The smallest absolute Gasteiger partial charge is 0.254 e. The molecular formula is C22H30N4O5S. The molecule has 0 spiro atoms. The molecule has 32 heavy (non-hydrogen) atoms. The predicted octanol–water partition coefficient (Wildman–Crippen LogP) is 1.55. The van der Waals surface area contributed by atoms with Crippen LogP contribution in [0.2, 0.25) is 0 Å². The fraction of sp³-hybridized carbons (Fsp3) is 0.500. The van der Waals surface area contributed by atoms with Crippen LogP contribution in [0.25, 0.3) is 10.9 Å². The summed E-state index contributed by atoms with van der Waals surface area (Å²) in [6, 6.07) is 5.59. The zero-order valence-corrected chi connectivity index (χ0v) is 19.5. The molecule has 2 N–H and O–H groups in total. The van der Waals surface area contributed by atoms with Gasteiger partial charge in [0.05, 0.1) is 16.4 Å². The topological polar surface area (TPSA) is 120 Å². The highest BCUT2D eigenvalue weighted by Gasteiger charge is 2.30. The average molecular weight is 463 g/mol. The maximum absolute atomic E-state index is 13.4. The number of fused-ring (bicyclic) bond motifs is 1. The van der Waals surface area contributed by atoms with Gasteiger partial charge in [0, 0.05) is 49.7 Å². The molecule has 0 saturated carbocycles. The molecule has 1 aliphatic heterocycles. The van der Waals surface area contributed by atoms with E-state index in [1.807, 2.05) is 6.92 Å². The van der Waals surface area contributed by atoms with E-state index in [1.165, 1.54) is 28.6 Å². The van der Waals surface area contributed by atoms with Gasteiger partial charge in [-0.3, -0.25) is 14.4 Å². The maximum Gasteiger partial charge on any atom is 0.254 e. The number of aromatic amines is 1. The van der Waals surface area contributed by atoms with Gasteiger partial charge in [-0.05, 0) is 38.0 Å². The molecule has 1 fully saturated rings. The molecule has 0 aliphatic carbocycles. The van der Waals surface area contributed by atoms with Gasteiger partial charge in [-0.1, -0.05) is 13.8 Å². The second kappa shape index (κ2) is 9.83. The summed E-state index contributed by atoms with van der Waals surface area (Å²) in [6.45, 7) is 7.26. The first kappa shape index (κ1) is 23.9. The summed E-state index contributed by atoms with van der Waals surface area (Å²) in [5.41, 5.74) is 0.0750. The fourth-order valence-electron chi connectivity index (χ4n) is 4.15. The molecule has 3 rings (SSSR count). The van der Waals surface area contributed by atoms with Gasteiger partial charge in [0.15, 0.2) is 0 Å². The number of H-pyrrole nitrogens is 1. The Hall–Kier alpha value is -2.72. The SMILES string of the molecule is CCNC(=O)C1CCCN(C(=O)c2cc(=O)[nH]c3ccc(S(=O)(=O)N(CC)CC)cc23)C1. The summed E-state index contributed by atoms with van der Waals surface area (Å²) in [5, 5.41) is 3.16. The molecule has 2 aromatic rings. The minimum Gasteiger partial charge on any atom is -0.356 e. The standard InChI is InChI=1S/C22H30N4O5S/c1-4-23-21(28)15-8-7-11-25(14-15)22(29)18-13-20(27)24-19-10-9-16(12-17(18)19)32(30,31)26(5-2)6-3/h9-10,12-13,15H,4-8,11,14H2,1-3H3,(H,23,28)(H,24,27). The van der Waals surface area contributed by atoms with Crippen LogP contribution < -0.4 is 10.9 Å². The van der Waals surface area contributed by atoms with Gasteiger partial charge in [-0.2, -0.15) is 4.31 Å². The Morgan fingerprint density at radius 1 is 1.19 bits per heavy atom. The quantitative estimate of drug-likeness (QED) is 0.647. The van der Waals surface area contributed by atoms with E-state index < -0.39 is 15.6 Å². The van der Waals surface area contributed by atoms with Crippen molar-refractivity contribution in [2.75, 3.05) is 32.7 Å². The van der Waals surface area contributed by atoms with Crippen molar-refractivity contribution in [3.63, 3.8) is 0 Å². The summed E-state index contributed by atoms with van der Waals surface area (Å²) in [4.78, 5) is 42.2. The van der Waals surface area contributed by atoms with Gasteiger partial charge in [0.1, 0.15) is 0 Å². The van der Waals surface area contributed by atoms with Crippen LogP contribution in [-0.2, 0) is 14.8 Å². The molecule has 0 bridgehead atoms. The van der Waals surface area contributed by atoms with Crippen LogP contribution in [0.4, 0.5) is 0 Å². The van der Waals surface area contributed by atoms with Gasteiger partial charge in [0.2, 0.25) is 21.5 Å². The van der Waals surface area contributed by atoms with Crippen molar-refractivity contribution < 1.29 is 18.0 Å². The van der Waals surface area contributed by atoms with E-state index in [4.69, 9.17) is 0 Å². The molecule has 1 aliphatic rings.